The molecule has 0 aliphatic carbocycles. The number of thioether (sulfide) groups is 1. The van der Waals surface area contributed by atoms with E-state index >= 15 is 0 Å². The third-order valence-electron chi connectivity index (χ3n) is 7.18. The summed E-state index contributed by atoms with van der Waals surface area (Å²) in [5.74, 6) is -4.81. The van der Waals surface area contributed by atoms with E-state index in [4.69, 9.17) is 22.0 Å². The van der Waals surface area contributed by atoms with Crippen LogP contribution in [0.3, 0.4) is 0 Å². The molecule has 0 spiro atoms. The number of nitrogens with two attached hydrogens (primary N) is 3. The maximum Gasteiger partial charge on any atom is 0.352 e. The number of carbonyl (C=O) groups is 5. The molecule has 0 bridgehead atoms. The van der Waals surface area contributed by atoms with Gasteiger partial charge in [-0.3, -0.25) is 14.5 Å². The lowest BCUT2D eigenvalue weighted by molar-refractivity contribution is -0.672. The van der Waals surface area contributed by atoms with Crippen molar-refractivity contribution in [3.05, 3.63) is 17.1 Å². The molecule has 2 unspecified atom stereocenters. The fourth-order valence-electron chi connectivity index (χ4n) is 4.64. The predicted molar refractivity (Wildman–Crippen MR) is 161 cm³/mol. The summed E-state index contributed by atoms with van der Waals surface area (Å²) in [5.41, 5.74) is 15.3. The van der Waals surface area contributed by atoms with Crippen molar-refractivity contribution in [2.75, 3.05) is 38.2 Å². The van der Waals surface area contributed by atoms with Gasteiger partial charge in [0.2, 0.25) is 17.3 Å². The molecule has 244 valence electrons. The SMILES string of the molecule is CN1C(N)C(NC(=O)NCCN)C=[N+]1CC1=C(C(=O)O)N2C(=O)[C@@H](CC(=O)/C(=N\OC(C)(C)C(=O)O)c3nsc(N)n3)[C@H]2SC1. The lowest BCUT2D eigenvalue weighted by Gasteiger charge is -2.49. The molecule has 45 heavy (non-hydrogen) atoms. The number of hydrazone groups is 1. The van der Waals surface area contributed by atoms with Crippen LogP contribution in [0.2, 0.25) is 0 Å². The zero-order valence-electron chi connectivity index (χ0n) is 24.5. The molecular weight excluding hydrogens is 634 g/mol. The van der Waals surface area contributed by atoms with Gasteiger partial charge in [0.05, 0.1) is 18.3 Å². The molecule has 1 saturated heterocycles. The van der Waals surface area contributed by atoms with Crippen LogP contribution in [0.4, 0.5) is 9.93 Å². The van der Waals surface area contributed by atoms with E-state index in [1.54, 1.807) is 23.0 Å². The van der Waals surface area contributed by atoms with Gasteiger partial charge < -0.3 is 42.9 Å². The Balaban J connectivity index is 1.51. The smallest absolute Gasteiger partial charge is 0.352 e. The second-order valence-electron chi connectivity index (χ2n) is 10.7. The Morgan fingerprint density at radius 1 is 1.29 bits per heavy atom. The van der Waals surface area contributed by atoms with E-state index in [2.05, 4.69) is 25.1 Å². The molecule has 0 saturated carbocycles. The number of nitrogens with zero attached hydrogens (tertiary/aromatic N) is 6. The van der Waals surface area contributed by atoms with E-state index in [0.29, 0.717) is 5.57 Å². The summed E-state index contributed by atoms with van der Waals surface area (Å²) < 4.78 is 5.63. The van der Waals surface area contributed by atoms with Crippen molar-refractivity contribution in [3.8, 4) is 0 Å². The van der Waals surface area contributed by atoms with Crippen molar-refractivity contribution >= 4 is 70.0 Å². The number of fused-ring (bicyclic) bond motifs is 1. The molecule has 3 aliphatic rings. The van der Waals surface area contributed by atoms with Crippen LogP contribution in [0, 0.1) is 5.92 Å². The van der Waals surface area contributed by atoms with Crippen LogP contribution >= 0.6 is 23.3 Å². The lowest BCUT2D eigenvalue weighted by atomic mass is 9.89. The Labute approximate surface area is 264 Å². The molecule has 1 aromatic heterocycles. The van der Waals surface area contributed by atoms with Crippen LogP contribution < -0.4 is 27.8 Å². The molecular formula is C24H34N11O8S2+. The predicted octanol–water partition coefficient (Wildman–Crippen LogP) is -2.61. The minimum Gasteiger partial charge on any atom is -0.478 e. The number of hydrogen-bond donors (Lipinski definition) is 7. The number of amides is 3. The van der Waals surface area contributed by atoms with E-state index in [9.17, 15) is 34.2 Å². The first-order valence-electron chi connectivity index (χ1n) is 13.5. The molecule has 3 amide bonds. The number of nitrogen functional groups attached to an aromatic ring is 1. The van der Waals surface area contributed by atoms with Gasteiger partial charge in [-0.1, -0.05) is 5.16 Å². The third kappa shape index (κ3) is 7.00. The van der Waals surface area contributed by atoms with Crippen molar-refractivity contribution in [1.29, 1.82) is 0 Å². The fraction of sp³-hybridized carbons (Fsp3) is 0.542. The topological polar surface area (TPSA) is 285 Å². The first-order valence-corrected chi connectivity index (χ1v) is 15.3. The summed E-state index contributed by atoms with van der Waals surface area (Å²) in [6.07, 6.45) is 0.626. The summed E-state index contributed by atoms with van der Waals surface area (Å²) in [7, 11) is 1.68. The van der Waals surface area contributed by atoms with E-state index in [1.807, 2.05) is 0 Å². The molecule has 19 nitrogen and oxygen atoms in total. The Morgan fingerprint density at radius 3 is 2.60 bits per heavy atom. The summed E-state index contributed by atoms with van der Waals surface area (Å²) in [4.78, 5) is 72.8. The highest BCUT2D eigenvalue weighted by atomic mass is 32.2. The number of oxime groups is 1. The van der Waals surface area contributed by atoms with Crippen molar-refractivity contribution in [2.45, 2.75) is 43.5 Å². The van der Waals surface area contributed by atoms with Gasteiger partial charge in [0.1, 0.15) is 11.7 Å². The number of Topliss-reactive ketones (excluding diaryl/α,β-unsaturated/α-hetero) is 1. The van der Waals surface area contributed by atoms with Crippen molar-refractivity contribution in [1.82, 2.24) is 29.9 Å². The Morgan fingerprint density at radius 2 is 2.00 bits per heavy atom. The number of β-lactam (4-membered cyclic amide) rings is 1. The number of hydrogen-bond acceptors (Lipinski definition) is 15. The largest absolute Gasteiger partial charge is 0.478 e. The minimum atomic E-state index is -1.79. The van der Waals surface area contributed by atoms with E-state index in [1.165, 1.54) is 25.6 Å². The van der Waals surface area contributed by atoms with Gasteiger partial charge in [-0.2, -0.15) is 14.4 Å². The van der Waals surface area contributed by atoms with Gasteiger partial charge >= 0.3 is 18.0 Å². The molecule has 1 aromatic rings. The normalized spacial score (nSPS) is 23.3. The van der Waals surface area contributed by atoms with Gasteiger partial charge in [-0.25, -0.2) is 14.4 Å². The first-order chi connectivity index (χ1) is 21.2. The molecule has 0 aromatic carbocycles. The van der Waals surface area contributed by atoms with Gasteiger partial charge in [0.15, 0.2) is 35.6 Å². The fourth-order valence-corrected chi connectivity index (χ4v) is 6.47. The highest BCUT2D eigenvalue weighted by Crippen LogP contribution is 2.45. The van der Waals surface area contributed by atoms with Gasteiger partial charge in [0, 0.05) is 42.4 Å². The summed E-state index contributed by atoms with van der Waals surface area (Å²) in [5, 5.41) is 29.5. The maximum absolute atomic E-state index is 13.4. The molecule has 21 heteroatoms. The number of hydrazine groups is 1. The number of carboxylic acids is 2. The quantitative estimate of drug-likeness (QED) is 0.0490. The van der Waals surface area contributed by atoms with Crippen molar-refractivity contribution < 1.29 is 43.7 Å². The van der Waals surface area contributed by atoms with Crippen LogP contribution in [0.1, 0.15) is 26.1 Å². The van der Waals surface area contributed by atoms with Gasteiger partial charge in [-0.15, -0.1) is 16.4 Å². The van der Waals surface area contributed by atoms with Crippen LogP contribution in [0.25, 0.3) is 0 Å². The molecule has 4 rings (SSSR count). The average molecular weight is 669 g/mol. The molecule has 0 radical (unpaired) electrons. The first kappa shape index (κ1) is 33.6. The summed E-state index contributed by atoms with van der Waals surface area (Å²) in [6.45, 7) is 3.08. The number of ketones is 1. The van der Waals surface area contributed by atoms with Gasteiger partial charge in [-0.05, 0) is 13.8 Å². The van der Waals surface area contributed by atoms with E-state index in [0.717, 1.165) is 16.4 Å². The second kappa shape index (κ2) is 13.3. The number of aliphatic carboxylic acids is 2. The Bertz CT molecular complexity index is 1490. The Kier molecular flexibility index (Phi) is 9.95. The third-order valence-corrected chi connectivity index (χ3v) is 9.12. The zero-order valence-corrected chi connectivity index (χ0v) is 26.1. The van der Waals surface area contributed by atoms with E-state index < -0.39 is 64.5 Å². The molecule has 3 aliphatic heterocycles. The zero-order chi connectivity index (χ0) is 33.2. The summed E-state index contributed by atoms with van der Waals surface area (Å²) >= 11 is 2.07. The number of carbonyl (C=O) groups excluding carboxylic acids is 3. The number of carboxylic acid groups (broad SMARTS) is 2. The van der Waals surface area contributed by atoms with Crippen LogP contribution in [-0.4, -0.2) is 131 Å². The van der Waals surface area contributed by atoms with Crippen molar-refractivity contribution in [2.24, 2.45) is 22.5 Å². The second-order valence-corrected chi connectivity index (χ2v) is 12.6. The summed E-state index contributed by atoms with van der Waals surface area (Å²) in [6, 6.07) is -1.05. The highest BCUT2D eigenvalue weighted by Gasteiger charge is 2.55. The monoisotopic (exact) mass is 668 g/mol. The number of anilines is 1. The minimum absolute atomic E-state index is 0.0271. The molecule has 1 fully saturated rings. The maximum atomic E-state index is 13.4. The number of likely N-dealkylation sites (N-methyl/N-ethyl adjacent to an activating group) is 1. The lowest BCUT2D eigenvalue weighted by Crippen LogP contribution is -2.62. The highest BCUT2D eigenvalue weighted by molar-refractivity contribution is 8.00. The van der Waals surface area contributed by atoms with E-state index in [-0.39, 0.29) is 48.5 Å². The van der Waals surface area contributed by atoms with Crippen LogP contribution in [0.15, 0.2) is 16.4 Å². The van der Waals surface area contributed by atoms with Crippen LogP contribution in [0.5, 0.6) is 0 Å². The molecule has 4 atom stereocenters. The van der Waals surface area contributed by atoms with Crippen molar-refractivity contribution in [3.63, 3.8) is 0 Å². The van der Waals surface area contributed by atoms with Gasteiger partial charge in [0.25, 0.3) is 0 Å². The number of nitrogens with one attached hydrogen (secondary N) is 2. The number of aromatic nitrogens is 2. The molecule has 4 heterocycles. The van der Waals surface area contributed by atoms with Crippen LogP contribution in [-0.2, 0) is 24.0 Å². The molecule has 10 N–H and O–H groups in total. The Hall–Kier alpha value is -4.34. The average Bonchev–Trinajstić information content (AvgIpc) is 3.52. The number of rotatable bonds is 13. The number of urea groups is 1. The standard InChI is InChI=1S/C24H33N11O8S2/c1-24(2,21(40)41)43-31-14(17-30-22(27)45-32-17)13(36)6-11-18(37)35-15(20(38)39)10(9-44-19(11)35)7-34-8-12(16(26)33(34)3)29-23(42)28-5-4-25/h8,11-12,16,19H,4-7,9,25-26H2,1-3H3,(H5-,27,28,29,30,32,38,39,40,41,42)/p+1/b31-14+/t11-,12?,16?,19-/m1/s1.